The van der Waals surface area contributed by atoms with Gasteiger partial charge in [-0.1, -0.05) is 0 Å². The molecule has 0 spiro atoms. The summed E-state index contributed by atoms with van der Waals surface area (Å²) in [6.07, 6.45) is 2.00. The quantitative estimate of drug-likeness (QED) is 0.720. The van der Waals surface area contributed by atoms with Gasteiger partial charge in [-0.05, 0) is 40.2 Å². The van der Waals surface area contributed by atoms with Gasteiger partial charge in [0.1, 0.15) is 5.60 Å². The Kier molecular flexibility index (Phi) is 3.75. The molecule has 1 aliphatic rings. The van der Waals surface area contributed by atoms with Gasteiger partial charge in [0.2, 0.25) is 0 Å². The molecule has 1 saturated heterocycles. The zero-order chi connectivity index (χ0) is 10.6. The number of amides is 1. The molecule has 0 aromatic heterocycles. The maximum Gasteiger partial charge on any atom is 0.407 e. The van der Waals surface area contributed by atoms with E-state index >= 15 is 0 Å². The fraction of sp³-hybridized carbons (Fsp3) is 0.900. The number of alkyl carbamates (subject to hydrolysis) is 1. The van der Waals surface area contributed by atoms with Crippen molar-refractivity contribution in [2.75, 3.05) is 13.1 Å². The van der Waals surface area contributed by atoms with E-state index in [0.29, 0.717) is 12.6 Å². The number of rotatable bonds is 2. The average Bonchev–Trinajstić information content (AvgIpc) is 2.49. The number of carbonyl (C=O) groups excluding carboxylic acids is 1. The van der Waals surface area contributed by atoms with E-state index in [2.05, 4.69) is 10.6 Å². The van der Waals surface area contributed by atoms with Crippen LogP contribution in [-0.2, 0) is 4.74 Å². The minimum absolute atomic E-state index is 0. The van der Waals surface area contributed by atoms with E-state index in [-0.39, 0.29) is 8.95 Å². The van der Waals surface area contributed by atoms with E-state index in [1.54, 1.807) is 0 Å². The minimum atomic E-state index is -0.410. The van der Waals surface area contributed by atoms with Crippen LogP contribution in [0.3, 0.4) is 0 Å². The van der Waals surface area contributed by atoms with Crippen molar-refractivity contribution in [2.45, 2.75) is 45.3 Å². The highest BCUT2D eigenvalue weighted by molar-refractivity contribution is 5.67. The third-order valence-corrected chi connectivity index (χ3v) is 2.05. The first kappa shape index (κ1) is 11.3. The van der Waals surface area contributed by atoms with Crippen molar-refractivity contribution in [1.82, 2.24) is 10.6 Å². The van der Waals surface area contributed by atoms with E-state index in [1.807, 2.05) is 20.8 Å². The number of hydrogen-bond acceptors (Lipinski definition) is 3. The molecule has 1 rings (SSSR count). The lowest BCUT2D eigenvalue weighted by Crippen LogP contribution is -2.39. The van der Waals surface area contributed by atoms with E-state index < -0.39 is 5.60 Å². The highest BCUT2D eigenvalue weighted by Gasteiger charge is 2.18. The highest BCUT2D eigenvalue weighted by atomic mass is 16.6. The molecule has 0 aliphatic carbocycles. The molecular formula is C10H24N2O2. The van der Waals surface area contributed by atoms with Gasteiger partial charge in [0, 0.05) is 15.4 Å². The number of nitrogens with one attached hydrogen (secondary N) is 2. The molecule has 0 aromatic carbocycles. The minimum Gasteiger partial charge on any atom is -0.444 e. The van der Waals surface area contributed by atoms with Gasteiger partial charge in [-0.15, -0.1) is 0 Å². The van der Waals surface area contributed by atoms with Gasteiger partial charge in [-0.2, -0.15) is 0 Å². The Morgan fingerprint density at radius 3 is 2.86 bits per heavy atom. The smallest absolute Gasteiger partial charge is 0.407 e. The third-order valence-electron chi connectivity index (χ3n) is 2.05. The third kappa shape index (κ3) is 4.46. The lowest BCUT2D eigenvalue weighted by molar-refractivity contribution is 0.0523. The Morgan fingerprint density at radius 2 is 2.36 bits per heavy atom. The predicted molar refractivity (Wildman–Crippen MR) is 59.5 cm³/mol. The van der Waals surface area contributed by atoms with Crippen LogP contribution in [0.5, 0.6) is 0 Å². The van der Waals surface area contributed by atoms with Crippen LogP contribution in [0.4, 0.5) is 4.79 Å². The normalized spacial score (nSPS) is 22.1. The Bertz CT molecular complexity index is 201. The monoisotopic (exact) mass is 204 g/mol. The van der Waals surface area contributed by atoms with E-state index in [4.69, 9.17) is 4.74 Å². The molecule has 1 heterocycles. The van der Waals surface area contributed by atoms with Crippen LogP contribution in [0, 0.1) is 0 Å². The second kappa shape index (κ2) is 4.64. The van der Waals surface area contributed by atoms with Gasteiger partial charge in [0.05, 0.1) is 0 Å². The molecule has 0 aromatic rings. The standard InChI is InChI=1S/C10H20N2O2.2H2/c1-10(2,3)14-9(13)12-7-8-5-4-6-11-8;;/h8,11H,4-7H2,1-3H3,(H,12,13);2*1H. The lowest BCUT2D eigenvalue weighted by atomic mass is 10.2. The summed E-state index contributed by atoms with van der Waals surface area (Å²) in [6, 6.07) is 0.419. The molecule has 0 saturated carbocycles. The summed E-state index contributed by atoms with van der Waals surface area (Å²) in [5.41, 5.74) is -0.410. The molecule has 1 amide bonds. The molecule has 86 valence electrons. The van der Waals surface area contributed by atoms with Crippen molar-refractivity contribution in [3.63, 3.8) is 0 Å². The maximum atomic E-state index is 11.3. The Hall–Kier alpha value is -0.770. The maximum absolute atomic E-state index is 11.3. The first-order chi connectivity index (χ1) is 6.47. The van der Waals surface area contributed by atoms with Crippen molar-refractivity contribution in [3.05, 3.63) is 0 Å². The summed E-state index contributed by atoms with van der Waals surface area (Å²) in [5.74, 6) is 0. The largest absolute Gasteiger partial charge is 0.444 e. The molecule has 1 fully saturated rings. The van der Waals surface area contributed by atoms with Crippen LogP contribution in [0.15, 0.2) is 0 Å². The fourth-order valence-electron chi connectivity index (χ4n) is 1.45. The predicted octanol–water partition coefficient (Wildman–Crippen LogP) is 1.76. The van der Waals surface area contributed by atoms with Crippen LogP contribution in [-0.4, -0.2) is 30.8 Å². The van der Waals surface area contributed by atoms with Crippen molar-refractivity contribution >= 4 is 6.09 Å². The van der Waals surface area contributed by atoms with E-state index in [0.717, 1.165) is 13.0 Å². The van der Waals surface area contributed by atoms with Crippen LogP contribution >= 0.6 is 0 Å². The van der Waals surface area contributed by atoms with Crippen LogP contribution < -0.4 is 10.6 Å². The summed E-state index contributed by atoms with van der Waals surface area (Å²) in [7, 11) is 0. The molecule has 4 heteroatoms. The van der Waals surface area contributed by atoms with Gasteiger partial charge in [0.25, 0.3) is 0 Å². The zero-order valence-electron chi connectivity index (χ0n) is 9.22. The summed E-state index contributed by atoms with van der Waals surface area (Å²) in [5, 5.41) is 6.06. The lowest BCUT2D eigenvalue weighted by Gasteiger charge is -2.20. The van der Waals surface area contributed by atoms with Crippen molar-refractivity contribution in [2.24, 2.45) is 0 Å². The van der Waals surface area contributed by atoms with Gasteiger partial charge >= 0.3 is 6.09 Å². The second-order valence-corrected chi connectivity index (χ2v) is 4.68. The first-order valence-corrected chi connectivity index (χ1v) is 5.17. The highest BCUT2D eigenvalue weighted by Crippen LogP contribution is 2.07. The Morgan fingerprint density at radius 1 is 1.64 bits per heavy atom. The van der Waals surface area contributed by atoms with Crippen LogP contribution in [0.25, 0.3) is 0 Å². The second-order valence-electron chi connectivity index (χ2n) is 4.68. The Balaban J connectivity index is 0. The summed E-state index contributed by atoms with van der Waals surface area (Å²) < 4.78 is 5.12. The fourth-order valence-corrected chi connectivity index (χ4v) is 1.45. The molecule has 14 heavy (non-hydrogen) atoms. The summed E-state index contributed by atoms with van der Waals surface area (Å²) in [6.45, 7) is 7.30. The topological polar surface area (TPSA) is 50.4 Å². The summed E-state index contributed by atoms with van der Waals surface area (Å²) in [4.78, 5) is 11.3. The molecule has 2 N–H and O–H groups in total. The molecule has 1 aliphatic heterocycles. The van der Waals surface area contributed by atoms with Crippen molar-refractivity contribution in [1.29, 1.82) is 0 Å². The zero-order valence-corrected chi connectivity index (χ0v) is 9.22. The van der Waals surface area contributed by atoms with Gasteiger partial charge in [-0.3, -0.25) is 0 Å². The van der Waals surface area contributed by atoms with Crippen LogP contribution in [0.1, 0.15) is 36.5 Å². The molecular weight excluding hydrogens is 180 g/mol. The van der Waals surface area contributed by atoms with Gasteiger partial charge in [-0.25, -0.2) is 4.79 Å². The molecule has 0 radical (unpaired) electrons. The summed E-state index contributed by atoms with van der Waals surface area (Å²) >= 11 is 0. The molecule has 0 bridgehead atoms. The van der Waals surface area contributed by atoms with Gasteiger partial charge in [0.15, 0.2) is 0 Å². The Labute approximate surface area is 88.4 Å². The molecule has 1 atom stereocenters. The van der Waals surface area contributed by atoms with Crippen molar-refractivity contribution in [3.8, 4) is 0 Å². The number of ether oxygens (including phenoxy) is 1. The SMILES string of the molecule is CC(C)(C)OC(=O)NCC1CCCN1.[HH].[HH]. The van der Waals surface area contributed by atoms with Gasteiger partial charge < -0.3 is 15.4 Å². The van der Waals surface area contributed by atoms with Crippen molar-refractivity contribution < 1.29 is 12.4 Å². The average molecular weight is 204 g/mol. The molecule has 1 unspecified atom stereocenters. The molecule has 4 nitrogen and oxygen atoms in total. The number of hydrogen-bond donors (Lipinski definition) is 2. The first-order valence-electron chi connectivity index (χ1n) is 5.17. The van der Waals surface area contributed by atoms with E-state index in [9.17, 15) is 4.79 Å². The van der Waals surface area contributed by atoms with E-state index in [1.165, 1.54) is 6.42 Å². The van der Waals surface area contributed by atoms with Crippen LogP contribution in [0.2, 0.25) is 0 Å². The number of carbonyl (C=O) groups is 1.